The minimum atomic E-state index is 0.323. The van der Waals surface area contributed by atoms with Crippen molar-refractivity contribution >= 4 is 16.5 Å². The fourth-order valence-electron chi connectivity index (χ4n) is 1.03. The SMILES string of the molecule is Nc1nnc(C#CCOc2ccccc2)s1. The van der Waals surface area contributed by atoms with Crippen LogP contribution in [0.3, 0.4) is 0 Å². The summed E-state index contributed by atoms with van der Waals surface area (Å²) in [6, 6.07) is 9.51. The van der Waals surface area contributed by atoms with Crippen molar-refractivity contribution in [3.05, 3.63) is 35.3 Å². The van der Waals surface area contributed by atoms with E-state index >= 15 is 0 Å². The van der Waals surface area contributed by atoms with Gasteiger partial charge in [-0.25, -0.2) is 0 Å². The van der Waals surface area contributed by atoms with Crippen molar-refractivity contribution in [2.75, 3.05) is 12.3 Å². The zero-order valence-electron chi connectivity index (χ0n) is 8.38. The molecule has 0 fully saturated rings. The number of rotatable bonds is 2. The van der Waals surface area contributed by atoms with Gasteiger partial charge in [-0.1, -0.05) is 35.5 Å². The molecule has 0 radical (unpaired) electrons. The Kier molecular flexibility index (Phi) is 3.36. The van der Waals surface area contributed by atoms with Crippen LogP contribution in [-0.2, 0) is 0 Å². The highest BCUT2D eigenvalue weighted by atomic mass is 32.1. The largest absolute Gasteiger partial charge is 0.481 e. The number of hydrogen-bond donors (Lipinski definition) is 1. The normalized spacial score (nSPS) is 9.25. The maximum atomic E-state index is 5.42. The maximum absolute atomic E-state index is 5.42. The topological polar surface area (TPSA) is 61.0 Å². The molecule has 1 aromatic heterocycles. The van der Waals surface area contributed by atoms with Crippen molar-refractivity contribution in [3.8, 4) is 17.6 Å². The lowest BCUT2D eigenvalue weighted by Gasteiger charge is -1.99. The number of benzene rings is 1. The molecule has 0 saturated carbocycles. The molecule has 2 rings (SSSR count). The van der Waals surface area contributed by atoms with Gasteiger partial charge < -0.3 is 10.5 Å². The lowest BCUT2D eigenvalue weighted by atomic mass is 10.3. The molecule has 0 aliphatic heterocycles. The molecule has 0 spiro atoms. The van der Waals surface area contributed by atoms with Crippen LogP contribution >= 0.6 is 11.3 Å². The van der Waals surface area contributed by atoms with Crippen molar-refractivity contribution < 1.29 is 4.74 Å². The smallest absolute Gasteiger partial charge is 0.203 e. The molecular weight excluding hydrogens is 222 g/mol. The number of anilines is 1. The summed E-state index contributed by atoms with van der Waals surface area (Å²) < 4.78 is 5.39. The molecule has 1 aromatic carbocycles. The zero-order chi connectivity index (χ0) is 11.2. The Morgan fingerprint density at radius 2 is 2.06 bits per heavy atom. The second kappa shape index (κ2) is 5.14. The minimum Gasteiger partial charge on any atom is -0.481 e. The first-order valence-corrected chi connectivity index (χ1v) is 5.42. The molecule has 2 aromatic rings. The third-order valence-corrected chi connectivity index (χ3v) is 2.36. The van der Waals surface area contributed by atoms with E-state index in [4.69, 9.17) is 10.5 Å². The van der Waals surface area contributed by atoms with Gasteiger partial charge in [-0.3, -0.25) is 0 Å². The fourth-order valence-corrected chi connectivity index (χ4v) is 1.52. The number of ether oxygens (including phenoxy) is 1. The molecule has 16 heavy (non-hydrogen) atoms. The van der Waals surface area contributed by atoms with E-state index in [1.807, 2.05) is 30.3 Å². The Morgan fingerprint density at radius 1 is 1.25 bits per heavy atom. The maximum Gasteiger partial charge on any atom is 0.203 e. The Bertz CT molecular complexity index is 513. The second-order valence-electron chi connectivity index (χ2n) is 2.85. The fraction of sp³-hybridized carbons (Fsp3) is 0.0909. The van der Waals surface area contributed by atoms with E-state index < -0.39 is 0 Å². The number of para-hydroxylation sites is 1. The van der Waals surface area contributed by atoms with Gasteiger partial charge in [0.05, 0.1) is 0 Å². The monoisotopic (exact) mass is 231 g/mol. The molecule has 0 aliphatic rings. The molecule has 80 valence electrons. The molecule has 2 N–H and O–H groups in total. The van der Waals surface area contributed by atoms with Gasteiger partial charge in [-0.15, -0.1) is 10.2 Å². The van der Waals surface area contributed by atoms with Crippen LogP contribution in [0, 0.1) is 11.8 Å². The summed E-state index contributed by atoms with van der Waals surface area (Å²) in [5.41, 5.74) is 5.42. The van der Waals surface area contributed by atoms with Gasteiger partial charge in [0.25, 0.3) is 0 Å². The van der Waals surface area contributed by atoms with Crippen LogP contribution in [0.2, 0.25) is 0 Å². The molecule has 0 unspecified atom stereocenters. The van der Waals surface area contributed by atoms with Crippen molar-refractivity contribution in [1.82, 2.24) is 10.2 Å². The van der Waals surface area contributed by atoms with Gasteiger partial charge in [0.2, 0.25) is 5.13 Å². The number of hydrogen-bond acceptors (Lipinski definition) is 5. The summed E-state index contributed by atoms with van der Waals surface area (Å²) in [6.07, 6.45) is 0. The van der Waals surface area contributed by atoms with Crippen LogP contribution in [-0.4, -0.2) is 16.8 Å². The highest BCUT2D eigenvalue weighted by Gasteiger charge is 1.94. The van der Waals surface area contributed by atoms with Crippen molar-refractivity contribution in [2.24, 2.45) is 0 Å². The van der Waals surface area contributed by atoms with E-state index in [9.17, 15) is 0 Å². The summed E-state index contributed by atoms with van der Waals surface area (Å²) >= 11 is 1.26. The third-order valence-electron chi connectivity index (χ3n) is 1.69. The van der Waals surface area contributed by atoms with E-state index in [2.05, 4.69) is 22.0 Å². The molecule has 4 nitrogen and oxygen atoms in total. The molecule has 5 heteroatoms. The van der Waals surface area contributed by atoms with Crippen molar-refractivity contribution in [1.29, 1.82) is 0 Å². The number of aromatic nitrogens is 2. The number of nitrogens with zero attached hydrogens (tertiary/aromatic N) is 2. The quantitative estimate of drug-likeness (QED) is 0.797. The van der Waals surface area contributed by atoms with Crippen LogP contribution < -0.4 is 10.5 Å². The molecular formula is C11H9N3OS. The van der Waals surface area contributed by atoms with E-state index in [1.54, 1.807) is 0 Å². The van der Waals surface area contributed by atoms with Gasteiger partial charge in [-0.05, 0) is 18.1 Å². The first-order chi connectivity index (χ1) is 7.84. The highest BCUT2D eigenvalue weighted by molar-refractivity contribution is 7.15. The Hall–Kier alpha value is -2.06. The van der Waals surface area contributed by atoms with Crippen molar-refractivity contribution in [3.63, 3.8) is 0 Å². The van der Waals surface area contributed by atoms with Crippen LogP contribution in [0.4, 0.5) is 5.13 Å². The van der Waals surface area contributed by atoms with Crippen molar-refractivity contribution in [2.45, 2.75) is 0 Å². The Morgan fingerprint density at radius 3 is 2.75 bits per heavy atom. The van der Waals surface area contributed by atoms with Crippen LogP contribution in [0.25, 0.3) is 0 Å². The number of nitrogens with two attached hydrogens (primary N) is 1. The van der Waals surface area contributed by atoms with Gasteiger partial charge in [0, 0.05) is 0 Å². The average Bonchev–Trinajstić information content (AvgIpc) is 2.72. The second-order valence-corrected chi connectivity index (χ2v) is 3.86. The molecule has 0 bridgehead atoms. The Balaban J connectivity index is 1.87. The lowest BCUT2D eigenvalue weighted by molar-refractivity contribution is 0.370. The zero-order valence-corrected chi connectivity index (χ0v) is 9.20. The molecule has 0 amide bonds. The van der Waals surface area contributed by atoms with Gasteiger partial charge in [0.15, 0.2) is 5.01 Å². The van der Waals surface area contributed by atoms with Crippen LogP contribution in [0.5, 0.6) is 5.75 Å². The highest BCUT2D eigenvalue weighted by Crippen LogP contribution is 2.09. The standard InChI is InChI=1S/C11H9N3OS/c12-11-14-13-10(16-11)7-4-8-15-9-5-2-1-3-6-9/h1-3,5-6H,8H2,(H2,12,14). The predicted octanol–water partition coefficient (Wildman–Crippen LogP) is 1.55. The molecule has 0 atom stereocenters. The summed E-state index contributed by atoms with van der Waals surface area (Å²) in [4.78, 5) is 0. The van der Waals surface area contributed by atoms with Gasteiger partial charge in [-0.2, -0.15) is 0 Å². The summed E-state index contributed by atoms with van der Waals surface area (Å²) in [6.45, 7) is 0.323. The van der Waals surface area contributed by atoms with E-state index in [-0.39, 0.29) is 0 Å². The van der Waals surface area contributed by atoms with E-state index in [0.29, 0.717) is 16.7 Å². The lowest BCUT2D eigenvalue weighted by Crippen LogP contribution is -1.93. The van der Waals surface area contributed by atoms with E-state index in [0.717, 1.165) is 5.75 Å². The molecule has 1 heterocycles. The first kappa shape index (κ1) is 10.5. The van der Waals surface area contributed by atoms with E-state index in [1.165, 1.54) is 11.3 Å². The van der Waals surface area contributed by atoms with Crippen LogP contribution in [0.15, 0.2) is 30.3 Å². The summed E-state index contributed by atoms with van der Waals surface area (Å²) in [5, 5.41) is 8.46. The average molecular weight is 231 g/mol. The molecule has 0 aliphatic carbocycles. The molecule has 0 saturated heterocycles. The number of nitrogen functional groups attached to an aromatic ring is 1. The summed E-state index contributed by atoms with van der Waals surface area (Å²) in [5.74, 6) is 6.47. The predicted molar refractivity (Wildman–Crippen MR) is 63.1 cm³/mol. The van der Waals surface area contributed by atoms with Crippen LogP contribution in [0.1, 0.15) is 5.01 Å². The summed E-state index contributed by atoms with van der Waals surface area (Å²) in [7, 11) is 0. The van der Waals surface area contributed by atoms with Gasteiger partial charge >= 0.3 is 0 Å². The minimum absolute atomic E-state index is 0.323. The van der Waals surface area contributed by atoms with Gasteiger partial charge in [0.1, 0.15) is 12.4 Å². The Labute approximate surface area is 97.1 Å². The first-order valence-electron chi connectivity index (χ1n) is 4.60. The third kappa shape index (κ3) is 2.97.